The molecule has 0 aliphatic carbocycles. The van der Waals surface area contributed by atoms with Crippen LogP contribution in [0.5, 0.6) is 0 Å². The van der Waals surface area contributed by atoms with Crippen molar-refractivity contribution in [2.24, 2.45) is 23.7 Å². The molecular formula is C76H115N11O12. The maximum Gasteiger partial charge on any atom is 0.248 e. The summed E-state index contributed by atoms with van der Waals surface area (Å²) in [5, 5.41) is 22.8. The molecule has 0 radical (unpaired) electrons. The number of hydrogen-bond acceptors (Lipinski definition) is 12. The van der Waals surface area contributed by atoms with Crippen molar-refractivity contribution in [1.29, 1.82) is 0 Å². The molecule has 2 bridgehead atoms. The number of piperidine rings is 1. The van der Waals surface area contributed by atoms with Crippen molar-refractivity contribution in [3.8, 4) is 0 Å². The summed E-state index contributed by atoms with van der Waals surface area (Å²) in [6.07, 6.45) is 4.19. The molecule has 3 aliphatic rings. The number of nitrogens with zero attached hydrogens (tertiary/aromatic N) is 7. The van der Waals surface area contributed by atoms with Crippen LogP contribution in [0.2, 0.25) is 0 Å². The normalized spacial score (nSPS) is 24.7. The Morgan fingerprint density at radius 2 is 0.990 bits per heavy atom. The van der Waals surface area contributed by atoms with Gasteiger partial charge in [-0.1, -0.05) is 147 Å². The summed E-state index contributed by atoms with van der Waals surface area (Å²) in [7, 11) is 8.68. The van der Waals surface area contributed by atoms with Crippen LogP contribution in [0.4, 0.5) is 0 Å². The number of likely N-dealkylation sites (tertiary alicyclic amines) is 1. The summed E-state index contributed by atoms with van der Waals surface area (Å²) >= 11 is 0. The first-order chi connectivity index (χ1) is 46.8. The van der Waals surface area contributed by atoms with E-state index < -0.39 is 126 Å². The molecule has 6 rings (SSSR count). The zero-order valence-corrected chi connectivity index (χ0v) is 61.8. The zero-order valence-electron chi connectivity index (χ0n) is 61.8. The Balaban J connectivity index is 1.58. The van der Waals surface area contributed by atoms with Crippen LogP contribution in [-0.4, -0.2) is 227 Å². The van der Waals surface area contributed by atoms with Crippen LogP contribution in [0, 0.1) is 23.7 Å². The monoisotopic (exact) mass is 1370 g/mol. The van der Waals surface area contributed by atoms with E-state index in [0.29, 0.717) is 49.9 Å². The molecule has 99 heavy (non-hydrogen) atoms. The molecule has 23 nitrogen and oxygen atoms in total. The van der Waals surface area contributed by atoms with Crippen LogP contribution in [0.15, 0.2) is 84.9 Å². The number of benzene rings is 3. The van der Waals surface area contributed by atoms with Crippen LogP contribution < -0.4 is 21.3 Å². The fourth-order valence-electron chi connectivity index (χ4n) is 13.1. The summed E-state index contributed by atoms with van der Waals surface area (Å²) in [6.45, 7) is 18.4. The third kappa shape index (κ3) is 23.7. The van der Waals surface area contributed by atoms with Gasteiger partial charge in [0.05, 0.1) is 12.6 Å². The topological polar surface area (TPSA) is 279 Å². The number of aliphatic hydroxyl groups excluding tert-OH is 1. The van der Waals surface area contributed by atoms with E-state index in [1.165, 1.54) is 80.6 Å². The quantitative estimate of drug-likeness (QED) is 0.124. The minimum Gasteiger partial charge on any atom is -0.391 e. The first kappa shape index (κ1) is 81.5. The largest absolute Gasteiger partial charge is 0.391 e. The number of amides is 11. The van der Waals surface area contributed by atoms with Gasteiger partial charge in [0.15, 0.2) is 0 Å². The molecule has 1 fully saturated rings. The number of carbonyl (C=O) groups excluding carboxylic acids is 11. The second kappa shape index (κ2) is 39.0. The van der Waals surface area contributed by atoms with Crippen LogP contribution in [0.1, 0.15) is 156 Å². The number of aliphatic hydroxyl groups is 1. The van der Waals surface area contributed by atoms with Gasteiger partial charge in [-0.3, -0.25) is 52.7 Å². The molecule has 23 heteroatoms. The lowest BCUT2D eigenvalue weighted by Gasteiger charge is -2.38. The van der Waals surface area contributed by atoms with E-state index in [-0.39, 0.29) is 74.5 Å². The lowest BCUT2D eigenvalue weighted by atomic mass is 9.94. The summed E-state index contributed by atoms with van der Waals surface area (Å²) in [5.41, 5.74) is 3.14. The molecule has 5 N–H and O–H groups in total. The highest BCUT2D eigenvalue weighted by Gasteiger charge is 2.43. The van der Waals surface area contributed by atoms with Crippen LogP contribution in [0.3, 0.4) is 0 Å². The van der Waals surface area contributed by atoms with Crippen molar-refractivity contribution >= 4 is 65.0 Å². The first-order valence-electron chi connectivity index (χ1n) is 35.7. The van der Waals surface area contributed by atoms with Crippen LogP contribution in [0.25, 0.3) is 0 Å². The van der Waals surface area contributed by atoms with E-state index in [2.05, 4.69) is 21.3 Å². The molecule has 3 aromatic rings. The minimum absolute atomic E-state index is 0.0155. The number of aryl methyl sites for hydroxylation is 1. The van der Waals surface area contributed by atoms with Gasteiger partial charge >= 0.3 is 0 Å². The first-order valence-corrected chi connectivity index (χ1v) is 35.7. The van der Waals surface area contributed by atoms with Gasteiger partial charge in [0.1, 0.15) is 54.4 Å². The Labute approximate surface area is 588 Å². The van der Waals surface area contributed by atoms with Crippen LogP contribution in [-0.2, 0) is 78.4 Å². The number of carbonyl (C=O) groups is 11. The SMILES string of the molecule is CC[C@H](C)[C@H]1C(=O)N[C@@H]([C@@H](C)O)C(=O)N(C)CC(=O)N(C)[C@@H](CC(C)C)C(=O)N[C@H](C(=O)N2CCCCC2)Cc2ccc(cc2)CCCCC(=O)N[C@@H](CC(C)C)C(=O)N(C)[C@@H](CC(C)C)C(=O)N(C)[C@@H](Cc2ccccc2)C(=O)N[C@@H](C)C(=O)N(C)[C@@H](Cc2ccccc2)C(=O)N1C. The molecule has 3 aromatic carbocycles. The Morgan fingerprint density at radius 1 is 0.495 bits per heavy atom. The fraction of sp³-hybridized carbons (Fsp3) is 0.618. The van der Waals surface area contributed by atoms with Gasteiger partial charge < -0.3 is 60.7 Å². The van der Waals surface area contributed by atoms with Crippen molar-refractivity contribution in [3.05, 3.63) is 107 Å². The Morgan fingerprint density at radius 3 is 1.54 bits per heavy atom. The summed E-state index contributed by atoms with van der Waals surface area (Å²) in [5.74, 6) is -7.24. The van der Waals surface area contributed by atoms with E-state index >= 15 is 9.59 Å². The molecule has 546 valence electrons. The average Bonchev–Trinajstić information content (AvgIpc) is 0.847. The molecule has 11 amide bonds. The predicted octanol–water partition coefficient (Wildman–Crippen LogP) is 5.57. The van der Waals surface area contributed by atoms with Crippen molar-refractivity contribution in [3.63, 3.8) is 0 Å². The summed E-state index contributed by atoms with van der Waals surface area (Å²) < 4.78 is 0. The Hall–Kier alpha value is -8.21. The van der Waals surface area contributed by atoms with Crippen LogP contribution >= 0.6 is 0 Å². The minimum atomic E-state index is -1.63. The number of nitrogens with one attached hydrogen (secondary N) is 4. The van der Waals surface area contributed by atoms with Crippen molar-refractivity contribution < 1.29 is 57.8 Å². The van der Waals surface area contributed by atoms with E-state index in [9.17, 15) is 48.3 Å². The molecular weight excluding hydrogens is 1260 g/mol. The van der Waals surface area contributed by atoms with E-state index in [4.69, 9.17) is 0 Å². The standard InChI is InChI=1S/C76H115N11O12/c1-17-51(8)67-70(93)80-66(53(10)88)76(99)81(11)47-65(90)82(12)60(42-49(4)5)69(92)79-59(73(96)87-39-27-20-28-40-87)44-57-37-35-54(36-38-57)29-25-26-34-64(89)78-58(41-48(2)3)72(95)85(15)62(43-50(6)7)74(97)83(13)61(45-55-30-21-18-22-31-55)68(91)77-52(9)71(94)84(14)63(75(98)86(67)16)46-56-32-23-19-24-33-56/h18-19,21-24,30-33,35-38,48-53,58-63,66-67,88H,17,20,25-29,34,39-47H2,1-16H3,(H,77,91)(H,78,89)(H,79,92)(H,80,93)/t51-,52-,53+,58-,59-,60-,61-,62-,63-,66-,67-/m0/s1. The lowest BCUT2D eigenvalue weighted by molar-refractivity contribution is -0.151. The van der Waals surface area contributed by atoms with Gasteiger partial charge in [-0.15, -0.1) is 0 Å². The van der Waals surface area contributed by atoms with Gasteiger partial charge in [-0.2, -0.15) is 0 Å². The molecule has 0 saturated carbocycles. The summed E-state index contributed by atoms with van der Waals surface area (Å²) in [6, 6.07) is 14.9. The van der Waals surface area contributed by atoms with Gasteiger partial charge in [-0.05, 0) is 118 Å². The molecule has 0 spiro atoms. The van der Waals surface area contributed by atoms with Gasteiger partial charge in [-0.25, -0.2) is 0 Å². The predicted molar refractivity (Wildman–Crippen MR) is 382 cm³/mol. The van der Waals surface area contributed by atoms with E-state index in [1.54, 1.807) is 54.3 Å². The maximum atomic E-state index is 15.3. The molecule has 0 unspecified atom stereocenters. The number of fused-ring (bicyclic) bond motifs is 36. The van der Waals surface area contributed by atoms with Gasteiger partial charge in [0, 0.05) is 81.1 Å². The molecule has 1 saturated heterocycles. The second-order valence-corrected chi connectivity index (χ2v) is 28.9. The maximum absolute atomic E-state index is 15.3. The zero-order chi connectivity index (χ0) is 73.5. The second-order valence-electron chi connectivity index (χ2n) is 28.9. The Bertz CT molecular complexity index is 3180. The highest BCUT2D eigenvalue weighted by molar-refractivity contribution is 5.99. The number of hydrogen-bond donors (Lipinski definition) is 5. The molecule has 3 heterocycles. The van der Waals surface area contributed by atoms with Crippen molar-refractivity contribution in [2.45, 2.75) is 220 Å². The number of likely N-dealkylation sites (N-methyl/N-ethyl adjacent to an activating group) is 6. The lowest BCUT2D eigenvalue weighted by Crippen LogP contribution is -2.62. The van der Waals surface area contributed by atoms with Gasteiger partial charge in [0.2, 0.25) is 65.0 Å². The average molecular weight is 1370 g/mol. The highest BCUT2D eigenvalue weighted by Crippen LogP contribution is 2.24. The smallest absolute Gasteiger partial charge is 0.248 e. The summed E-state index contributed by atoms with van der Waals surface area (Å²) in [4.78, 5) is 171. The highest BCUT2D eigenvalue weighted by atomic mass is 16.3. The third-order valence-corrected chi connectivity index (χ3v) is 19.4. The number of rotatable bonds is 14. The van der Waals surface area contributed by atoms with E-state index in [0.717, 1.165) is 35.3 Å². The van der Waals surface area contributed by atoms with Gasteiger partial charge in [0.25, 0.3) is 0 Å². The van der Waals surface area contributed by atoms with Crippen molar-refractivity contribution in [1.82, 2.24) is 55.6 Å². The fourth-order valence-corrected chi connectivity index (χ4v) is 13.1. The molecule has 11 atom stereocenters. The molecule has 3 aliphatic heterocycles. The third-order valence-electron chi connectivity index (χ3n) is 19.4. The molecule has 0 aromatic heterocycles. The van der Waals surface area contributed by atoms with Crippen molar-refractivity contribution in [2.75, 3.05) is 61.9 Å². The Kier molecular flexibility index (Phi) is 32.1. The van der Waals surface area contributed by atoms with E-state index in [1.807, 2.05) is 90.9 Å².